The lowest BCUT2D eigenvalue weighted by molar-refractivity contribution is -0.134. The summed E-state index contributed by atoms with van der Waals surface area (Å²) in [5.74, 6) is -0.720. The third-order valence-electron chi connectivity index (χ3n) is 2.98. The van der Waals surface area contributed by atoms with Crippen LogP contribution in [0.25, 0.3) is 0 Å². The largest absolute Gasteiger partial charge is 0.327 e. The molecule has 0 aromatic heterocycles. The Morgan fingerprint density at radius 1 is 1.33 bits per heavy atom. The van der Waals surface area contributed by atoms with Crippen LogP contribution in [-0.4, -0.2) is 17.2 Å². The fraction of sp³-hybridized carbons (Fsp3) is 0.364. The van der Waals surface area contributed by atoms with Crippen molar-refractivity contribution in [2.75, 3.05) is 0 Å². The van der Waals surface area contributed by atoms with Crippen molar-refractivity contribution < 1.29 is 10.0 Å². The summed E-state index contributed by atoms with van der Waals surface area (Å²) in [6.45, 7) is 0. The first-order valence-corrected chi connectivity index (χ1v) is 4.98. The van der Waals surface area contributed by atoms with Crippen LogP contribution in [0.3, 0.4) is 0 Å². The van der Waals surface area contributed by atoms with E-state index in [1.165, 1.54) is 5.56 Å². The molecule has 0 heterocycles. The van der Waals surface area contributed by atoms with Crippen LogP contribution >= 0.6 is 0 Å². The summed E-state index contributed by atoms with van der Waals surface area (Å²) in [5.41, 5.74) is 9.92. The zero-order chi connectivity index (χ0) is 10.8. The third kappa shape index (κ3) is 1.86. The van der Waals surface area contributed by atoms with Crippen molar-refractivity contribution in [3.8, 4) is 0 Å². The van der Waals surface area contributed by atoms with Crippen molar-refractivity contribution in [1.29, 1.82) is 0 Å². The van der Waals surface area contributed by atoms with E-state index in [9.17, 15) is 4.79 Å². The second kappa shape index (κ2) is 4.00. The van der Waals surface area contributed by atoms with E-state index in [2.05, 4.69) is 0 Å². The lowest BCUT2D eigenvalue weighted by Gasteiger charge is -2.28. The number of hydrogen-bond donors (Lipinski definition) is 3. The molecule has 2 rings (SSSR count). The highest BCUT2D eigenvalue weighted by Gasteiger charge is 2.30. The van der Waals surface area contributed by atoms with E-state index in [4.69, 9.17) is 10.9 Å². The molecule has 1 amide bonds. The summed E-state index contributed by atoms with van der Waals surface area (Å²) in [5, 5.41) is 8.60. The van der Waals surface area contributed by atoms with Crippen LogP contribution in [0.5, 0.6) is 0 Å². The lowest BCUT2D eigenvalue weighted by Crippen LogP contribution is -2.45. The average molecular weight is 206 g/mol. The quantitative estimate of drug-likeness (QED) is 0.455. The first kappa shape index (κ1) is 10.1. The van der Waals surface area contributed by atoms with E-state index >= 15 is 0 Å². The number of nitrogens with one attached hydrogen (secondary N) is 1. The highest BCUT2D eigenvalue weighted by atomic mass is 16.5. The van der Waals surface area contributed by atoms with Crippen LogP contribution in [0, 0.1) is 5.92 Å². The van der Waals surface area contributed by atoms with Crippen molar-refractivity contribution in [2.24, 2.45) is 11.7 Å². The molecule has 0 spiro atoms. The van der Waals surface area contributed by atoms with Crippen molar-refractivity contribution in [2.45, 2.75) is 18.9 Å². The number of rotatable bonds is 1. The fourth-order valence-corrected chi connectivity index (χ4v) is 2.11. The van der Waals surface area contributed by atoms with Gasteiger partial charge in [-0.25, -0.2) is 5.48 Å². The molecule has 4 nitrogen and oxygen atoms in total. The zero-order valence-corrected chi connectivity index (χ0v) is 8.31. The molecule has 0 radical (unpaired) electrons. The van der Waals surface area contributed by atoms with Gasteiger partial charge >= 0.3 is 0 Å². The summed E-state index contributed by atoms with van der Waals surface area (Å²) in [4.78, 5) is 11.3. The number of carbonyl (C=O) groups is 1. The van der Waals surface area contributed by atoms with Crippen LogP contribution in [0.1, 0.15) is 11.1 Å². The highest BCUT2D eigenvalue weighted by molar-refractivity contribution is 5.79. The molecule has 0 aliphatic heterocycles. The van der Waals surface area contributed by atoms with Gasteiger partial charge in [0.05, 0.1) is 5.92 Å². The molecule has 0 bridgehead atoms. The van der Waals surface area contributed by atoms with E-state index in [1.807, 2.05) is 24.3 Å². The molecule has 1 aromatic rings. The Bertz CT molecular complexity index is 379. The van der Waals surface area contributed by atoms with Gasteiger partial charge in [0.15, 0.2) is 0 Å². The Balaban J connectivity index is 2.25. The number of amides is 1. The van der Waals surface area contributed by atoms with Crippen LogP contribution in [-0.2, 0) is 17.6 Å². The predicted molar refractivity (Wildman–Crippen MR) is 55.2 cm³/mol. The minimum absolute atomic E-state index is 0.216. The second-order valence-corrected chi connectivity index (χ2v) is 3.92. The van der Waals surface area contributed by atoms with Crippen LogP contribution in [0.2, 0.25) is 0 Å². The van der Waals surface area contributed by atoms with Gasteiger partial charge in [-0.1, -0.05) is 24.3 Å². The van der Waals surface area contributed by atoms with Gasteiger partial charge in [0.25, 0.3) is 0 Å². The molecule has 1 aliphatic rings. The number of hydrogen-bond acceptors (Lipinski definition) is 3. The molecular formula is C11H14N2O2. The van der Waals surface area contributed by atoms with Gasteiger partial charge in [-0.2, -0.15) is 0 Å². The monoisotopic (exact) mass is 206 g/mol. The minimum Gasteiger partial charge on any atom is -0.327 e. The normalized spacial score (nSPS) is 24.4. The minimum atomic E-state index is -0.392. The molecule has 4 heteroatoms. The lowest BCUT2D eigenvalue weighted by atomic mass is 9.80. The van der Waals surface area contributed by atoms with Gasteiger partial charge in [0, 0.05) is 6.04 Å². The van der Waals surface area contributed by atoms with E-state index < -0.39 is 5.91 Å². The van der Waals surface area contributed by atoms with Crippen molar-refractivity contribution in [1.82, 2.24) is 5.48 Å². The van der Waals surface area contributed by atoms with Gasteiger partial charge in [0.2, 0.25) is 5.91 Å². The van der Waals surface area contributed by atoms with Gasteiger partial charge in [-0.05, 0) is 24.0 Å². The first-order chi connectivity index (χ1) is 7.22. The van der Waals surface area contributed by atoms with E-state index in [1.54, 1.807) is 5.48 Å². The smallest absolute Gasteiger partial charge is 0.248 e. The molecule has 0 fully saturated rings. The number of benzene rings is 1. The van der Waals surface area contributed by atoms with Crippen LogP contribution in [0.4, 0.5) is 0 Å². The van der Waals surface area contributed by atoms with E-state index in [-0.39, 0.29) is 12.0 Å². The third-order valence-corrected chi connectivity index (χ3v) is 2.98. The Kier molecular flexibility index (Phi) is 2.70. The van der Waals surface area contributed by atoms with Crippen molar-refractivity contribution in [3.05, 3.63) is 35.4 Å². The number of carbonyl (C=O) groups excluding carboxylic acids is 1. The Hall–Kier alpha value is -1.39. The van der Waals surface area contributed by atoms with E-state index in [0.29, 0.717) is 12.8 Å². The second-order valence-electron chi connectivity index (χ2n) is 3.92. The summed E-state index contributed by atoms with van der Waals surface area (Å²) < 4.78 is 0. The SMILES string of the molecule is NC1Cc2ccccc2CC1C(=O)NO. The molecule has 1 aromatic carbocycles. The maximum absolute atomic E-state index is 11.3. The topological polar surface area (TPSA) is 75.4 Å². The van der Waals surface area contributed by atoms with E-state index in [0.717, 1.165) is 5.56 Å². The first-order valence-electron chi connectivity index (χ1n) is 4.98. The molecule has 2 atom stereocenters. The van der Waals surface area contributed by atoms with Gasteiger partial charge in [0.1, 0.15) is 0 Å². The predicted octanol–water partition coefficient (Wildman–Crippen LogP) is 0.234. The zero-order valence-electron chi connectivity index (χ0n) is 8.31. The molecule has 1 aliphatic carbocycles. The number of hydroxylamine groups is 1. The van der Waals surface area contributed by atoms with Crippen LogP contribution in [0.15, 0.2) is 24.3 Å². The molecule has 2 unspecified atom stereocenters. The summed E-state index contributed by atoms with van der Waals surface area (Å²) >= 11 is 0. The summed E-state index contributed by atoms with van der Waals surface area (Å²) in [7, 11) is 0. The fourth-order valence-electron chi connectivity index (χ4n) is 2.11. The Morgan fingerprint density at radius 2 is 1.93 bits per heavy atom. The summed E-state index contributed by atoms with van der Waals surface area (Å²) in [6.07, 6.45) is 1.29. The highest BCUT2D eigenvalue weighted by Crippen LogP contribution is 2.24. The van der Waals surface area contributed by atoms with Gasteiger partial charge in [-0.15, -0.1) is 0 Å². The molecule has 80 valence electrons. The maximum atomic E-state index is 11.3. The number of fused-ring (bicyclic) bond motifs is 1. The van der Waals surface area contributed by atoms with Crippen LogP contribution < -0.4 is 11.2 Å². The van der Waals surface area contributed by atoms with Gasteiger partial charge in [-0.3, -0.25) is 10.0 Å². The van der Waals surface area contributed by atoms with Crippen molar-refractivity contribution >= 4 is 5.91 Å². The molecule has 0 saturated carbocycles. The molecule has 15 heavy (non-hydrogen) atoms. The average Bonchev–Trinajstić information content (AvgIpc) is 2.27. The molecule has 0 saturated heterocycles. The Morgan fingerprint density at radius 3 is 2.53 bits per heavy atom. The maximum Gasteiger partial charge on any atom is 0.248 e. The summed E-state index contributed by atoms with van der Waals surface area (Å²) in [6, 6.07) is 7.73. The number of nitrogens with two attached hydrogens (primary N) is 1. The molecule has 4 N–H and O–H groups in total. The Labute approximate surface area is 88.0 Å². The standard InChI is InChI=1S/C11H14N2O2/c12-10-6-8-4-2-1-3-7(8)5-9(10)11(14)13-15/h1-4,9-10,15H,5-6,12H2,(H,13,14). The van der Waals surface area contributed by atoms with Gasteiger partial charge < -0.3 is 5.73 Å². The molecular weight excluding hydrogens is 192 g/mol. The van der Waals surface area contributed by atoms with Crippen molar-refractivity contribution in [3.63, 3.8) is 0 Å².